The standard InChI is InChI=1S/C88H163NO10/c1-3-5-7-9-11-13-15-17-19-43-48-52-56-60-64-68-72-76-84(93)97-77-73-69-65-61-57-53-49-45-42-40-38-36-34-32-30-28-26-24-22-20-21-23-25-27-29-31-33-35-37-39-41-44-47-51-55-59-63-67-71-75-83(92)89-80(79-98-88-87(96)86(95)85(94)82(78-90)99-88)81(91)74-70-66-62-58-54-50-46-18-16-14-12-10-8-6-4-2/h16,18,20-21,24,26,54,58,70,74,80-82,85-88,90-91,94-96H,3-15,17,19,22-23,25,27-53,55-57,59-69,71-73,75-79H2,1-2H3,(H,89,92)/b18-16+,21-20-,26-24-,58-54+,74-70+. The number of aliphatic hydroxyl groups excluding tert-OH is 5. The zero-order valence-electron chi connectivity index (χ0n) is 65.0. The van der Waals surface area contributed by atoms with Crippen molar-refractivity contribution < 1.29 is 49.3 Å². The van der Waals surface area contributed by atoms with E-state index in [0.717, 1.165) is 70.6 Å². The number of carbonyl (C=O) groups is 2. The normalized spacial score (nSPS) is 17.4. The van der Waals surface area contributed by atoms with Gasteiger partial charge in [0.05, 0.1) is 32.0 Å². The van der Waals surface area contributed by atoms with Gasteiger partial charge in [0.15, 0.2) is 6.29 Å². The lowest BCUT2D eigenvalue weighted by Gasteiger charge is -2.40. The van der Waals surface area contributed by atoms with Gasteiger partial charge in [0.1, 0.15) is 24.4 Å². The van der Waals surface area contributed by atoms with E-state index in [1.807, 2.05) is 6.08 Å². The fourth-order valence-corrected chi connectivity index (χ4v) is 13.6. The minimum Gasteiger partial charge on any atom is -0.466 e. The molecule has 0 aromatic rings. The minimum atomic E-state index is -1.58. The summed E-state index contributed by atoms with van der Waals surface area (Å²) in [5, 5.41) is 54.6. The monoisotopic (exact) mass is 1390 g/mol. The van der Waals surface area contributed by atoms with Crippen molar-refractivity contribution in [1.82, 2.24) is 5.32 Å². The Kier molecular flexibility index (Phi) is 72.9. The Labute approximate surface area is 611 Å². The van der Waals surface area contributed by atoms with Gasteiger partial charge in [-0.3, -0.25) is 9.59 Å². The van der Waals surface area contributed by atoms with Gasteiger partial charge in [-0.15, -0.1) is 0 Å². The predicted molar refractivity (Wildman–Crippen MR) is 421 cm³/mol. The summed E-state index contributed by atoms with van der Waals surface area (Å²) in [6.07, 6.45) is 94.2. The number of ether oxygens (including phenoxy) is 3. The number of unbranched alkanes of at least 4 members (excludes halogenated alkanes) is 55. The molecule has 1 fully saturated rings. The molecule has 99 heavy (non-hydrogen) atoms. The predicted octanol–water partition coefficient (Wildman–Crippen LogP) is 24.0. The summed E-state index contributed by atoms with van der Waals surface area (Å²) >= 11 is 0. The van der Waals surface area contributed by atoms with Gasteiger partial charge in [-0.05, 0) is 89.9 Å². The Morgan fingerprint density at radius 1 is 0.374 bits per heavy atom. The Balaban J connectivity index is 1.90. The number of hydrogen-bond donors (Lipinski definition) is 6. The van der Waals surface area contributed by atoms with Crippen LogP contribution in [0.5, 0.6) is 0 Å². The van der Waals surface area contributed by atoms with Crippen LogP contribution in [-0.4, -0.2) is 100 Å². The van der Waals surface area contributed by atoms with E-state index >= 15 is 0 Å². The number of nitrogens with one attached hydrogen (secondary N) is 1. The molecule has 580 valence electrons. The van der Waals surface area contributed by atoms with Crippen molar-refractivity contribution in [3.63, 3.8) is 0 Å². The molecule has 11 heteroatoms. The van der Waals surface area contributed by atoms with Gasteiger partial charge < -0.3 is 45.1 Å². The SMILES string of the molecule is CCCCCCC/C=C/CC/C=C/CC/C=C/C(O)C(COC1OC(CO)C(O)C(O)C1O)NC(=O)CCCCCCCCCCCCCCCCCCC/C=C\C/C=C\CCCCCCCCCCCCCCCCCOC(=O)CCCCCCCCCCCCCCCCCCC. The van der Waals surface area contributed by atoms with Gasteiger partial charge in [0.2, 0.25) is 5.91 Å². The molecule has 0 aliphatic carbocycles. The summed E-state index contributed by atoms with van der Waals surface area (Å²) in [6.45, 7) is 4.37. The molecular weight excluding hydrogens is 1230 g/mol. The van der Waals surface area contributed by atoms with Gasteiger partial charge >= 0.3 is 5.97 Å². The van der Waals surface area contributed by atoms with Crippen LogP contribution in [0.15, 0.2) is 60.8 Å². The number of carbonyl (C=O) groups excluding carboxylic acids is 2. The molecule has 0 saturated carbocycles. The van der Waals surface area contributed by atoms with Crippen LogP contribution in [0.25, 0.3) is 0 Å². The number of hydrogen-bond acceptors (Lipinski definition) is 10. The van der Waals surface area contributed by atoms with Crippen molar-refractivity contribution in [2.24, 2.45) is 0 Å². The molecule has 0 bridgehead atoms. The number of rotatable bonds is 77. The molecule has 1 saturated heterocycles. The van der Waals surface area contributed by atoms with Gasteiger partial charge in [-0.25, -0.2) is 0 Å². The second kappa shape index (κ2) is 76.5. The summed E-state index contributed by atoms with van der Waals surface area (Å²) in [6, 6.07) is -0.834. The van der Waals surface area contributed by atoms with E-state index in [4.69, 9.17) is 14.2 Å². The molecule has 1 aliphatic rings. The van der Waals surface area contributed by atoms with Crippen LogP contribution in [0.4, 0.5) is 0 Å². The topological polar surface area (TPSA) is 175 Å². The molecule has 7 atom stereocenters. The molecule has 0 aromatic heterocycles. The summed E-state index contributed by atoms with van der Waals surface area (Å²) in [4.78, 5) is 25.2. The highest BCUT2D eigenvalue weighted by Gasteiger charge is 2.44. The van der Waals surface area contributed by atoms with Crippen molar-refractivity contribution >= 4 is 11.9 Å². The van der Waals surface area contributed by atoms with Crippen LogP contribution in [0, 0.1) is 0 Å². The lowest BCUT2D eigenvalue weighted by atomic mass is 9.99. The number of aliphatic hydroxyl groups is 5. The third-order valence-corrected chi connectivity index (χ3v) is 20.3. The van der Waals surface area contributed by atoms with Gasteiger partial charge in [-0.1, -0.05) is 383 Å². The fraction of sp³-hybridized carbons (Fsp3) is 0.864. The molecule has 1 rings (SSSR count). The van der Waals surface area contributed by atoms with Crippen molar-refractivity contribution in [1.29, 1.82) is 0 Å². The maximum absolute atomic E-state index is 13.1. The first-order chi connectivity index (χ1) is 48.7. The van der Waals surface area contributed by atoms with E-state index in [-0.39, 0.29) is 18.5 Å². The molecule has 6 N–H and O–H groups in total. The van der Waals surface area contributed by atoms with Crippen LogP contribution < -0.4 is 5.32 Å². The first-order valence-electron chi connectivity index (χ1n) is 43.1. The molecule has 1 amide bonds. The number of amides is 1. The summed E-state index contributed by atoms with van der Waals surface area (Å²) in [5.41, 5.74) is 0. The lowest BCUT2D eigenvalue weighted by molar-refractivity contribution is -0.302. The summed E-state index contributed by atoms with van der Waals surface area (Å²) in [5.74, 6) is -0.173. The van der Waals surface area contributed by atoms with Crippen molar-refractivity contribution in [3.8, 4) is 0 Å². The summed E-state index contributed by atoms with van der Waals surface area (Å²) < 4.78 is 16.8. The van der Waals surface area contributed by atoms with E-state index in [1.165, 1.54) is 327 Å². The molecule has 0 aromatic carbocycles. The molecule has 1 aliphatic heterocycles. The zero-order chi connectivity index (χ0) is 71.5. The Bertz CT molecular complexity index is 1830. The number of allylic oxidation sites excluding steroid dienone is 9. The zero-order valence-corrected chi connectivity index (χ0v) is 65.0. The van der Waals surface area contributed by atoms with E-state index in [1.54, 1.807) is 6.08 Å². The Hall–Kier alpha value is -2.64. The van der Waals surface area contributed by atoms with Crippen LogP contribution in [0.2, 0.25) is 0 Å². The maximum Gasteiger partial charge on any atom is 0.305 e. The Morgan fingerprint density at radius 2 is 0.687 bits per heavy atom. The maximum atomic E-state index is 13.1. The van der Waals surface area contributed by atoms with Crippen LogP contribution in [0.1, 0.15) is 425 Å². The van der Waals surface area contributed by atoms with Crippen LogP contribution in [0.3, 0.4) is 0 Å². The van der Waals surface area contributed by atoms with Crippen molar-refractivity contribution in [2.75, 3.05) is 19.8 Å². The second-order valence-corrected chi connectivity index (χ2v) is 29.9. The average molecular weight is 1400 g/mol. The van der Waals surface area contributed by atoms with E-state index < -0.39 is 49.5 Å². The molecule has 0 radical (unpaired) electrons. The van der Waals surface area contributed by atoms with Gasteiger partial charge in [0, 0.05) is 12.8 Å². The fourth-order valence-electron chi connectivity index (χ4n) is 13.6. The average Bonchev–Trinajstić information content (AvgIpc) is 0.834. The quantitative estimate of drug-likeness (QED) is 0.0195. The molecule has 7 unspecified atom stereocenters. The first-order valence-corrected chi connectivity index (χ1v) is 43.1. The van der Waals surface area contributed by atoms with E-state index in [9.17, 15) is 35.1 Å². The Morgan fingerprint density at radius 3 is 1.06 bits per heavy atom. The van der Waals surface area contributed by atoms with Crippen LogP contribution in [-0.2, 0) is 23.8 Å². The third kappa shape index (κ3) is 64.7. The lowest BCUT2D eigenvalue weighted by Crippen LogP contribution is -2.60. The highest BCUT2D eigenvalue weighted by Crippen LogP contribution is 2.24. The smallest absolute Gasteiger partial charge is 0.305 e. The minimum absolute atomic E-state index is 0.0189. The second-order valence-electron chi connectivity index (χ2n) is 29.9. The van der Waals surface area contributed by atoms with E-state index in [0.29, 0.717) is 19.4 Å². The first kappa shape index (κ1) is 94.4. The molecule has 1 heterocycles. The molecule has 0 spiro atoms. The third-order valence-electron chi connectivity index (χ3n) is 20.3. The molecule has 11 nitrogen and oxygen atoms in total. The van der Waals surface area contributed by atoms with Gasteiger partial charge in [-0.2, -0.15) is 0 Å². The highest BCUT2D eigenvalue weighted by atomic mass is 16.7. The highest BCUT2D eigenvalue weighted by molar-refractivity contribution is 5.76. The van der Waals surface area contributed by atoms with Crippen molar-refractivity contribution in [2.45, 2.75) is 468 Å². The van der Waals surface area contributed by atoms with Crippen LogP contribution >= 0.6 is 0 Å². The number of esters is 1. The van der Waals surface area contributed by atoms with Gasteiger partial charge in [0.25, 0.3) is 0 Å². The van der Waals surface area contributed by atoms with E-state index in [2.05, 4.69) is 67.8 Å². The summed E-state index contributed by atoms with van der Waals surface area (Å²) in [7, 11) is 0. The largest absolute Gasteiger partial charge is 0.466 e. The molecular formula is C88H163NO10. The van der Waals surface area contributed by atoms with Crippen molar-refractivity contribution in [3.05, 3.63) is 60.8 Å².